The van der Waals surface area contributed by atoms with Gasteiger partial charge < -0.3 is 15.4 Å². The van der Waals surface area contributed by atoms with Crippen molar-refractivity contribution in [3.05, 3.63) is 76.7 Å². The summed E-state index contributed by atoms with van der Waals surface area (Å²) in [5.41, 5.74) is 4.27. The van der Waals surface area contributed by atoms with Crippen LogP contribution < -0.4 is 10.6 Å². The van der Waals surface area contributed by atoms with E-state index in [2.05, 4.69) is 20.6 Å². The van der Waals surface area contributed by atoms with Crippen molar-refractivity contribution in [2.24, 2.45) is 0 Å². The summed E-state index contributed by atoms with van der Waals surface area (Å²) < 4.78 is 4.69. The van der Waals surface area contributed by atoms with Gasteiger partial charge in [0, 0.05) is 17.4 Å². The highest BCUT2D eigenvalue weighted by Crippen LogP contribution is 2.19. The van der Waals surface area contributed by atoms with E-state index >= 15 is 0 Å². The fourth-order valence-corrected chi connectivity index (χ4v) is 2.84. The topological polar surface area (TPSA) is 93.2 Å². The van der Waals surface area contributed by atoms with E-state index in [1.165, 1.54) is 7.11 Å². The third-order valence-corrected chi connectivity index (χ3v) is 4.28. The van der Waals surface area contributed by atoms with Crippen LogP contribution in [0.2, 0.25) is 0 Å². The average Bonchev–Trinajstić information content (AvgIpc) is 2.69. The molecule has 2 aromatic carbocycles. The van der Waals surface area contributed by atoms with Crippen LogP contribution in [-0.4, -0.2) is 29.0 Å². The summed E-state index contributed by atoms with van der Waals surface area (Å²) in [5.74, 6) is 0.229. The van der Waals surface area contributed by atoms with Gasteiger partial charge in [0.25, 0.3) is 5.91 Å². The zero-order valence-electron chi connectivity index (χ0n) is 16.7. The second-order valence-corrected chi connectivity index (χ2v) is 6.65. The van der Waals surface area contributed by atoms with Gasteiger partial charge in [0.15, 0.2) is 0 Å². The van der Waals surface area contributed by atoms with E-state index in [0.29, 0.717) is 17.2 Å². The largest absolute Gasteiger partial charge is 0.465 e. The van der Waals surface area contributed by atoms with Crippen molar-refractivity contribution in [2.45, 2.75) is 20.8 Å². The first-order valence-corrected chi connectivity index (χ1v) is 9.05. The summed E-state index contributed by atoms with van der Waals surface area (Å²) >= 11 is 0. The first-order chi connectivity index (χ1) is 13.9. The molecule has 2 N–H and O–H groups in total. The smallest absolute Gasteiger partial charge is 0.337 e. The van der Waals surface area contributed by atoms with Gasteiger partial charge in [-0.1, -0.05) is 17.7 Å². The number of hydrogen-bond acceptors (Lipinski definition) is 6. The number of aryl methyl sites for hydroxylation is 3. The lowest BCUT2D eigenvalue weighted by atomic mass is 10.1. The highest BCUT2D eigenvalue weighted by Gasteiger charge is 2.13. The minimum atomic E-state index is -0.403. The minimum absolute atomic E-state index is 0.256. The predicted octanol–water partition coefficient (Wildman–Crippen LogP) is 4.18. The number of aromatic nitrogens is 2. The van der Waals surface area contributed by atoms with Crippen molar-refractivity contribution in [3.8, 4) is 0 Å². The molecule has 1 aromatic heterocycles. The highest BCUT2D eigenvalue weighted by atomic mass is 16.5. The summed E-state index contributed by atoms with van der Waals surface area (Å²) in [6.07, 6.45) is 0. The zero-order valence-corrected chi connectivity index (χ0v) is 16.7. The van der Waals surface area contributed by atoms with Gasteiger partial charge in [-0.3, -0.25) is 4.79 Å². The Balaban J connectivity index is 1.78. The number of nitrogens with zero attached hydrogens (tertiary/aromatic N) is 2. The number of anilines is 3. The number of rotatable bonds is 5. The van der Waals surface area contributed by atoms with Gasteiger partial charge in [0.05, 0.1) is 12.7 Å². The molecule has 0 unspecified atom stereocenters. The number of nitrogens with one attached hydrogen (secondary N) is 2. The maximum absolute atomic E-state index is 12.7. The van der Waals surface area contributed by atoms with Crippen LogP contribution in [0.4, 0.5) is 17.2 Å². The molecule has 1 amide bonds. The van der Waals surface area contributed by atoms with Crippen molar-refractivity contribution in [1.29, 1.82) is 0 Å². The van der Waals surface area contributed by atoms with Crippen molar-refractivity contribution in [1.82, 2.24) is 9.97 Å². The minimum Gasteiger partial charge on any atom is -0.465 e. The van der Waals surface area contributed by atoms with E-state index in [9.17, 15) is 9.59 Å². The molecule has 0 radical (unpaired) electrons. The van der Waals surface area contributed by atoms with Crippen LogP contribution in [0.25, 0.3) is 0 Å². The Labute approximate surface area is 169 Å². The molecule has 0 saturated carbocycles. The molecule has 0 spiro atoms. The van der Waals surface area contributed by atoms with Crippen molar-refractivity contribution >= 4 is 29.1 Å². The van der Waals surface area contributed by atoms with Crippen molar-refractivity contribution < 1.29 is 14.3 Å². The Morgan fingerprint density at radius 3 is 2.31 bits per heavy atom. The molecule has 29 heavy (non-hydrogen) atoms. The Hall–Kier alpha value is -3.74. The van der Waals surface area contributed by atoms with E-state index < -0.39 is 5.97 Å². The van der Waals surface area contributed by atoms with Crippen molar-refractivity contribution in [3.63, 3.8) is 0 Å². The van der Waals surface area contributed by atoms with Crippen LogP contribution in [0.15, 0.2) is 48.5 Å². The summed E-state index contributed by atoms with van der Waals surface area (Å²) in [4.78, 5) is 32.8. The van der Waals surface area contributed by atoms with Crippen LogP contribution in [0.1, 0.15) is 37.8 Å². The Morgan fingerprint density at radius 1 is 0.931 bits per heavy atom. The molecular formula is C22H22N4O3. The molecule has 3 aromatic rings. The zero-order chi connectivity index (χ0) is 21.0. The maximum Gasteiger partial charge on any atom is 0.337 e. The molecule has 3 rings (SSSR count). The van der Waals surface area contributed by atoms with Gasteiger partial charge >= 0.3 is 5.97 Å². The number of ether oxygens (including phenoxy) is 1. The molecular weight excluding hydrogens is 368 g/mol. The number of methoxy groups -OCH3 is 1. The molecule has 1 heterocycles. The van der Waals surface area contributed by atoms with Gasteiger partial charge in [-0.05, 0) is 56.7 Å². The number of carbonyl (C=O) groups is 2. The Bertz CT molecular complexity index is 1060. The summed E-state index contributed by atoms with van der Waals surface area (Å²) in [5, 5.41) is 6.01. The second kappa shape index (κ2) is 8.52. The Kier molecular flexibility index (Phi) is 5.87. The fraction of sp³-hybridized carbons (Fsp3) is 0.182. The number of carbonyl (C=O) groups excluding carboxylic acids is 2. The van der Waals surface area contributed by atoms with E-state index in [4.69, 9.17) is 4.74 Å². The molecule has 0 atom stereocenters. The quantitative estimate of drug-likeness (QED) is 0.635. The number of amides is 1. The number of esters is 1. The second-order valence-electron chi connectivity index (χ2n) is 6.65. The van der Waals surface area contributed by atoms with Gasteiger partial charge in [0.2, 0.25) is 0 Å². The summed E-state index contributed by atoms with van der Waals surface area (Å²) in [7, 11) is 1.34. The normalized spacial score (nSPS) is 10.3. The van der Waals surface area contributed by atoms with Crippen LogP contribution in [0.5, 0.6) is 0 Å². The Morgan fingerprint density at radius 2 is 1.66 bits per heavy atom. The fourth-order valence-electron chi connectivity index (χ4n) is 2.84. The molecule has 0 saturated heterocycles. The third kappa shape index (κ3) is 4.95. The van der Waals surface area contributed by atoms with Gasteiger partial charge in [0.1, 0.15) is 17.3 Å². The molecule has 0 aliphatic carbocycles. The molecule has 0 fully saturated rings. The van der Waals surface area contributed by atoms with E-state index in [0.717, 1.165) is 22.5 Å². The monoisotopic (exact) mass is 390 g/mol. The SMILES string of the molecule is COC(=O)c1ccc(Nc2cc(C(=O)Nc3ccc(C)cc3C)nc(C)n2)cc1. The van der Waals surface area contributed by atoms with E-state index in [1.54, 1.807) is 37.3 Å². The van der Waals surface area contributed by atoms with Gasteiger partial charge in [-0.25, -0.2) is 14.8 Å². The molecule has 0 aliphatic heterocycles. The molecule has 0 aliphatic rings. The van der Waals surface area contributed by atoms with E-state index in [1.807, 2.05) is 32.0 Å². The van der Waals surface area contributed by atoms with Gasteiger partial charge in [-0.2, -0.15) is 0 Å². The number of hydrogen-bond donors (Lipinski definition) is 2. The van der Waals surface area contributed by atoms with Crippen molar-refractivity contribution in [2.75, 3.05) is 17.7 Å². The molecule has 7 nitrogen and oxygen atoms in total. The van der Waals surface area contributed by atoms with E-state index in [-0.39, 0.29) is 11.6 Å². The lowest BCUT2D eigenvalue weighted by Crippen LogP contribution is -2.16. The molecule has 7 heteroatoms. The molecule has 0 bridgehead atoms. The first-order valence-electron chi connectivity index (χ1n) is 9.05. The molecule has 148 valence electrons. The third-order valence-electron chi connectivity index (χ3n) is 4.28. The lowest BCUT2D eigenvalue weighted by molar-refractivity contribution is 0.0600. The average molecular weight is 390 g/mol. The maximum atomic E-state index is 12.7. The summed E-state index contributed by atoms with van der Waals surface area (Å²) in [6.45, 7) is 5.67. The lowest BCUT2D eigenvalue weighted by Gasteiger charge is -2.11. The first kappa shape index (κ1) is 20.0. The van der Waals surface area contributed by atoms with Crippen LogP contribution in [-0.2, 0) is 4.74 Å². The van der Waals surface area contributed by atoms with Crippen LogP contribution in [0.3, 0.4) is 0 Å². The van der Waals surface area contributed by atoms with Crippen LogP contribution >= 0.6 is 0 Å². The summed E-state index contributed by atoms with van der Waals surface area (Å²) in [6, 6.07) is 14.2. The standard InChI is InChI=1S/C22H22N4O3/c1-13-5-10-18(14(2)11-13)26-21(27)19-12-20(24-15(3)23-19)25-17-8-6-16(7-9-17)22(28)29-4/h5-12H,1-4H3,(H,26,27)(H,23,24,25). The van der Waals surface area contributed by atoms with Gasteiger partial charge in [-0.15, -0.1) is 0 Å². The predicted molar refractivity (Wildman–Crippen MR) is 112 cm³/mol. The van der Waals surface area contributed by atoms with Crippen LogP contribution in [0, 0.1) is 20.8 Å². The number of benzene rings is 2. The highest BCUT2D eigenvalue weighted by molar-refractivity contribution is 6.03.